The first-order chi connectivity index (χ1) is 8.13. The lowest BCUT2D eigenvalue weighted by Gasteiger charge is -2.29. The number of carbonyl (C=O) groups excluding carboxylic acids is 1. The molecule has 2 rings (SSSR count). The molecule has 0 saturated carbocycles. The summed E-state index contributed by atoms with van der Waals surface area (Å²) in [6.45, 7) is 1.10. The van der Waals surface area contributed by atoms with Crippen LogP contribution in [0, 0.1) is 5.82 Å². The maximum absolute atomic E-state index is 12.9. The monoisotopic (exact) mass is 237 g/mol. The van der Waals surface area contributed by atoms with Crippen LogP contribution >= 0.6 is 0 Å². The van der Waals surface area contributed by atoms with Gasteiger partial charge >= 0.3 is 0 Å². The molecule has 2 N–H and O–H groups in total. The van der Waals surface area contributed by atoms with Crippen molar-refractivity contribution >= 4 is 5.91 Å². The van der Waals surface area contributed by atoms with Crippen molar-refractivity contribution in [1.29, 1.82) is 0 Å². The van der Waals surface area contributed by atoms with Crippen LogP contribution in [0.4, 0.5) is 4.39 Å². The molecule has 1 amide bonds. The highest BCUT2D eigenvalue weighted by Gasteiger charge is 2.35. The minimum Gasteiger partial charge on any atom is -0.329 e. The van der Waals surface area contributed by atoms with Gasteiger partial charge in [-0.15, -0.1) is 0 Å². The molecule has 5 heteroatoms. The number of amides is 1. The van der Waals surface area contributed by atoms with Crippen molar-refractivity contribution in [3.05, 3.63) is 35.6 Å². The van der Waals surface area contributed by atoms with Crippen LogP contribution in [0.5, 0.6) is 0 Å². The van der Waals surface area contributed by atoms with Crippen molar-refractivity contribution in [3.8, 4) is 0 Å². The lowest BCUT2D eigenvalue weighted by atomic mass is 10.0. The summed E-state index contributed by atoms with van der Waals surface area (Å²) < 4.78 is 12.9. The van der Waals surface area contributed by atoms with E-state index in [0.717, 1.165) is 5.56 Å². The Hall–Kier alpha value is -1.46. The van der Waals surface area contributed by atoms with Crippen LogP contribution in [-0.4, -0.2) is 36.1 Å². The first-order valence-corrected chi connectivity index (χ1v) is 5.62. The molecular formula is C12H16FN3O. The molecule has 0 aliphatic carbocycles. The molecule has 1 saturated heterocycles. The number of nitrogens with two attached hydrogens (primary N) is 1. The number of rotatable bonds is 3. The number of hydrazine groups is 1. The third kappa shape index (κ3) is 2.30. The minimum atomic E-state index is -0.267. The number of hydrogen-bond acceptors (Lipinski definition) is 3. The van der Waals surface area contributed by atoms with Gasteiger partial charge in [0.15, 0.2) is 0 Å². The smallest absolute Gasteiger partial charge is 0.238 e. The molecule has 1 heterocycles. The Morgan fingerprint density at radius 1 is 1.41 bits per heavy atom. The number of carbonyl (C=O) groups is 1. The molecule has 17 heavy (non-hydrogen) atoms. The predicted molar refractivity (Wildman–Crippen MR) is 62.3 cm³/mol. The number of halogens is 1. The fraction of sp³-hybridized carbons (Fsp3) is 0.417. The molecule has 1 aliphatic heterocycles. The van der Waals surface area contributed by atoms with E-state index in [1.807, 2.05) is 5.01 Å². The molecule has 1 fully saturated rings. The number of benzene rings is 1. The van der Waals surface area contributed by atoms with Gasteiger partial charge in [0.2, 0.25) is 5.91 Å². The Labute approximate surface area is 99.8 Å². The molecule has 4 nitrogen and oxygen atoms in total. The predicted octanol–water partition coefficient (Wildman–Crippen LogP) is 0.905. The van der Waals surface area contributed by atoms with E-state index >= 15 is 0 Å². The molecule has 0 aromatic heterocycles. The normalized spacial score (nSPS) is 21.2. The maximum Gasteiger partial charge on any atom is 0.238 e. The van der Waals surface area contributed by atoms with E-state index in [2.05, 4.69) is 0 Å². The molecule has 1 aromatic rings. The fourth-order valence-corrected chi connectivity index (χ4v) is 2.17. The Morgan fingerprint density at radius 2 is 2.06 bits per heavy atom. The Kier molecular flexibility index (Phi) is 3.40. The van der Waals surface area contributed by atoms with E-state index in [0.29, 0.717) is 19.5 Å². The van der Waals surface area contributed by atoms with Crippen LogP contribution < -0.4 is 5.73 Å². The average Bonchev–Trinajstić information content (AvgIpc) is 2.59. The summed E-state index contributed by atoms with van der Waals surface area (Å²) in [5.41, 5.74) is 6.48. The highest BCUT2D eigenvalue weighted by molar-refractivity contribution is 5.78. The van der Waals surface area contributed by atoms with Crippen LogP contribution in [0.15, 0.2) is 24.3 Å². The zero-order valence-corrected chi connectivity index (χ0v) is 9.77. The summed E-state index contributed by atoms with van der Waals surface area (Å²) >= 11 is 0. The molecule has 1 atom stereocenters. The maximum atomic E-state index is 12.9. The van der Waals surface area contributed by atoms with E-state index in [-0.39, 0.29) is 17.8 Å². The van der Waals surface area contributed by atoms with E-state index in [1.165, 1.54) is 12.1 Å². The lowest BCUT2D eigenvalue weighted by molar-refractivity contribution is -0.135. The summed E-state index contributed by atoms with van der Waals surface area (Å²) in [6.07, 6.45) is 0.419. The van der Waals surface area contributed by atoms with Gasteiger partial charge in [-0.1, -0.05) is 12.1 Å². The second-order valence-corrected chi connectivity index (χ2v) is 4.14. The summed E-state index contributed by atoms with van der Waals surface area (Å²) in [7, 11) is 1.74. The molecule has 1 unspecified atom stereocenters. The van der Waals surface area contributed by atoms with Gasteiger partial charge in [-0.3, -0.25) is 9.80 Å². The van der Waals surface area contributed by atoms with Crippen molar-refractivity contribution in [1.82, 2.24) is 10.0 Å². The van der Waals surface area contributed by atoms with Gasteiger partial charge in [0.25, 0.3) is 0 Å². The third-order valence-corrected chi connectivity index (χ3v) is 3.09. The quantitative estimate of drug-likeness (QED) is 0.850. The zero-order chi connectivity index (χ0) is 12.4. The van der Waals surface area contributed by atoms with Crippen LogP contribution in [-0.2, 0) is 4.79 Å². The van der Waals surface area contributed by atoms with Gasteiger partial charge in [-0.2, -0.15) is 0 Å². The summed E-state index contributed by atoms with van der Waals surface area (Å²) in [6, 6.07) is 6.24. The largest absolute Gasteiger partial charge is 0.329 e. The van der Waals surface area contributed by atoms with E-state index in [4.69, 9.17) is 5.73 Å². The molecule has 92 valence electrons. The molecule has 0 bridgehead atoms. The summed E-state index contributed by atoms with van der Waals surface area (Å²) in [5, 5.41) is 3.52. The summed E-state index contributed by atoms with van der Waals surface area (Å²) in [4.78, 5) is 11.7. The van der Waals surface area contributed by atoms with Gasteiger partial charge in [0, 0.05) is 26.6 Å². The third-order valence-electron chi connectivity index (χ3n) is 3.09. The van der Waals surface area contributed by atoms with Crippen LogP contribution in [0.2, 0.25) is 0 Å². The average molecular weight is 237 g/mol. The second-order valence-electron chi connectivity index (χ2n) is 4.14. The molecule has 0 spiro atoms. The van der Waals surface area contributed by atoms with Gasteiger partial charge in [-0.25, -0.2) is 9.40 Å². The van der Waals surface area contributed by atoms with E-state index in [1.54, 1.807) is 24.2 Å². The van der Waals surface area contributed by atoms with Crippen LogP contribution in [0.25, 0.3) is 0 Å². The van der Waals surface area contributed by atoms with Crippen LogP contribution in [0.3, 0.4) is 0 Å². The Morgan fingerprint density at radius 3 is 2.65 bits per heavy atom. The van der Waals surface area contributed by atoms with E-state index < -0.39 is 0 Å². The minimum absolute atomic E-state index is 0.0309. The highest BCUT2D eigenvalue weighted by atomic mass is 19.1. The van der Waals surface area contributed by atoms with Crippen molar-refractivity contribution in [3.63, 3.8) is 0 Å². The van der Waals surface area contributed by atoms with Crippen LogP contribution in [0.1, 0.15) is 18.0 Å². The van der Waals surface area contributed by atoms with Crippen molar-refractivity contribution in [2.45, 2.75) is 12.5 Å². The van der Waals surface area contributed by atoms with Crippen molar-refractivity contribution in [2.75, 3.05) is 20.1 Å². The molecule has 0 radical (unpaired) electrons. The van der Waals surface area contributed by atoms with Crippen molar-refractivity contribution in [2.24, 2.45) is 5.73 Å². The van der Waals surface area contributed by atoms with Gasteiger partial charge < -0.3 is 5.73 Å². The van der Waals surface area contributed by atoms with Gasteiger partial charge in [0.05, 0.1) is 6.04 Å². The van der Waals surface area contributed by atoms with E-state index in [9.17, 15) is 9.18 Å². The zero-order valence-electron chi connectivity index (χ0n) is 9.77. The lowest BCUT2D eigenvalue weighted by Crippen LogP contribution is -2.39. The van der Waals surface area contributed by atoms with Crippen molar-refractivity contribution < 1.29 is 9.18 Å². The Bertz CT molecular complexity index is 407. The highest BCUT2D eigenvalue weighted by Crippen LogP contribution is 2.31. The summed E-state index contributed by atoms with van der Waals surface area (Å²) in [5.74, 6) is -0.204. The number of nitrogens with zero attached hydrogens (tertiary/aromatic N) is 2. The first-order valence-electron chi connectivity index (χ1n) is 5.62. The SMILES string of the molecule is CN1C(=O)CC(c2ccc(F)cc2)N1CCN. The standard InChI is InChI=1S/C12H16FN3O/c1-15-12(17)8-11(16(15)7-6-14)9-2-4-10(13)5-3-9/h2-5,11H,6-8,14H2,1H3. The second kappa shape index (κ2) is 4.81. The van der Waals surface area contributed by atoms with Gasteiger partial charge in [0.1, 0.15) is 5.82 Å². The fourth-order valence-electron chi connectivity index (χ4n) is 2.17. The molecular weight excluding hydrogens is 221 g/mol. The first kappa shape index (κ1) is 12.0. The molecule has 1 aromatic carbocycles. The van der Waals surface area contributed by atoms with Gasteiger partial charge in [-0.05, 0) is 17.7 Å². The topological polar surface area (TPSA) is 49.6 Å². The number of hydrogen-bond donors (Lipinski definition) is 1. The Balaban J connectivity index is 2.24. The molecule has 1 aliphatic rings.